The van der Waals surface area contributed by atoms with E-state index in [9.17, 15) is 15.2 Å². The summed E-state index contributed by atoms with van der Waals surface area (Å²) in [5, 5.41) is 27.1. The first-order chi connectivity index (χ1) is 7.06. The van der Waals surface area contributed by atoms with Crippen LogP contribution in [0.25, 0.3) is 0 Å². The Bertz CT molecular complexity index is 403. The van der Waals surface area contributed by atoms with Crippen LogP contribution in [0.1, 0.15) is 12.5 Å². The minimum absolute atomic E-state index is 0.123. The molecule has 0 aliphatic carbocycles. The van der Waals surface area contributed by atoms with E-state index in [4.69, 9.17) is 10.1 Å². The number of nitro benzene ring substituents is 1. The fraction of sp³-hybridized carbons (Fsp3) is 0.222. The molecule has 0 bridgehead atoms. The van der Waals surface area contributed by atoms with Gasteiger partial charge in [-0.05, 0) is 19.1 Å². The van der Waals surface area contributed by atoms with Crippen molar-refractivity contribution < 1.29 is 14.8 Å². The average Bonchev–Trinajstić information content (AvgIpc) is 2.17. The van der Waals surface area contributed by atoms with Crippen molar-refractivity contribution in [2.75, 3.05) is 6.61 Å². The smallest absolute Gasteiger partial charge is 0.310 e. The lowest BCUT2D eigenvalue weighted by Gasteiger charge is -2.04. The number of phenolic OH excluding ortho intramolecular Hbond substituents is 1. The largest absolute Gasteiger partial charge is 0.502 e. The first-order valence-electron chi connectivity index (χ1n) is 4.25. The van der Waals surface area contributed by atoms with Gasteiger partial charge >= 0.3 is 5.69 Å². The first-order valence-corrected chi connectivity index (χ1v) is 4.25. The third kappa shape index (κ3) is 2.43. The fourth-order valence-electron chi connectivity index (χ4n) is 1.05. The lowest BCUT2D eigenvalue weighted by Crippen LogP contribution is -2.04. The standard InChI is InChI=1S/C9H10N2O4/c1-2-15-9(10)6-3-4-7(11(13)14)8(12)5-6/h3-5,10,12H,2H2,1H3. The molecular formula is C9H10N2O4. The van der Waals surface area contributed by atoms with Gasteiger partial charge in [-0.3, -0.25) is 15.5 Å². The number of nitrogens with zero attached hydrogens (tertiary/aromatic N) is 1. The first kappa shape index (κ1) is 11.0. The summed E-state index contributed by atoms with van der Waals surface area (Å²) in [6, 6.07) is 3.63. The van der Waals surface area contributed by atoms with E-state index >= 15 is 0 Å². The molecule has 6 nitrogen and oxygen atoms in total. The quantitative estimate of drug-likeness (QED) is 0.343. The molecule has 0 amide bonds. The van der Waals surface area contributed by atoms with Crippen molar-refractivity contribution in [3.05, 3.63) is 33.9 Å². The van der Waals surface area contributed by atoms with Crippen LogP contribution in [0.15, 0.2) is 18.2 Å². The Morgan fingerprint density at radius 1 is 1.67 bits per heavy atom. The van der Waals surface area contributed by atoms with Crippen LogP contribution in [0.3, 0.4) is 0 Å². The molecule has 0 saturated heterocycles. The van der Waals surface area contributed by atoms with Gasteiger partial charge in [-0.2, -0.15) is 0 Å². The SMILES string of the molecule is CCOC(=N)c1ccc([N+](=O)[O-])c(O)c1. The van der Waals surface area contributed by atoms with E-state index in [0.29, 0.717) is 12.2 Å². The van der Waals surface area contributed by atoms with Gasteiger partial charge in [0.1, 0.15) is 0 Å². The van der Waals surface area contributed by atoms with Crippen molar-refractivity contribution in [2.45, 2.75) is 6.92 Å². The molecule has 0 atom stereocenters. The van der Waals surface area contributed by atoms with Crippen molar-refractivity contribution >= 4 is 11.6 Å². The van der Waals surface area contributed by atoms with Crippen molar-refractivity contribution in [2.24, 2.45) is 0 Å². The van der Waals surface area contributed by atoms with Crippen LogP contribution in [-0.2, 0) is 4.74 Å². The summed E-state index contributed by atoms with van der Waals surface area (Å²) >= 11 is 0. The molecule has 1 aromatic rings. The second-order valence-electron chi connectivity index (χ2n) is 2.72. The Labute approximate surface area is 85.8 Å². The Hall–Kier alpha value is -2.11. The maximum absolute atomic E-state index is 10.4. The third-order valence-corrected chi connectivity index (χ3v) is 1.72. The Morgan fingerprint density at radius 3 is 2.80 bits per heavy atom. The summed E-state index contributed by atoms with van der Waals surface area (Å²) in [6.45, 7) is 2.05. The van der Waals surface area contributed by atoms with Gasteiger partial charge in [0.2, 0.25) is 5.90 Å². The van der Waals surface area contributed by atoms with Gasteiger partial charge in [-0.25, -0.2) is 0 Å². The molecule has 6 heteroatoms. The third-order valence-electron chi connectivity index (χ3n) is 1.72. The number of hydrogen-bond acceptors (Lipinski definition) is 5. The monoisotopic (exact) mass is 210 g/mol. The lowest BCUT2D eigenvalue weighted by molar-refractivity contribution is -0.385. The van der Waals surface area contributed by atoms with Crippen LogP contribution in [0.5, 0.6) is 5.75 Å². The predicted octanol–water partition coefficient (Wildman–Crippen LogP) is 1.66. The van der Waals surface area contributed by atoms with Gasteiger partial charge in [-0.15, -0.1) is 0 Å². The number of hydrogen-bond donors (Lipinski definition) is 2. The molecule has 0 heterocycles. The summed E-state index contributed by atoms with van der Waals surface area (Å²) < 4.78 is 4.89. The van der Waals surface area contributed by atoms with Crippen LogP contribution >= 0.6 is 0 Å². The molecular weight excluding hydrogens is 200 g/mol. The number of nitro groups is 1. The van der Waals surface area contributed by atoms with Crippen LogP contribution in [0.2, 0.25) is 0 Å². The molecule has 0 fully saturated rings. The molecule has 2 N–H and O–H groups in total. The number of nitrogens with one attached hydrogen (secondary N) is 1. The maximum atomic E-state index is 10.4. The van der Waals surface area contributed by atoms with E-state index in [1.165, 1.54) is 6.07 Å². The second-order valence-corrected chi connectivity index (χ2v) is 2.72. The Balaban J connectivity index is 3.01. The maximum Gasteiger partial charge on any atom is 0.310 e. The van der Waals surface area contributed by atoms with Crippen LogP contribution < -0.4 is 0 Å². The van der Waals surface area contributed by atoms with Gasteiger partial charge in [-0.1, -0.05) is 0 Å². The van der Waals surface area contributed by atoms with Gasteiger partial charge in [0.15, 0.2) is 5.75 Å². The van der Waals surface area contributed by atoms with Gasteiger partial charge < -0.3 is 9.84 Å². The molecule has 1 rings (SSSR count). The van der Waals surface area contributed by atoms with E-state index in [0.717, 1.165) is 12.1 Å². The highest BCUT2D eigenvalue weighted by Gasteiger charge is 2.14. The van der Waals surface area contributed by atoms with Crippen molar-refractivity contribution in [3.8, 4) is 5.75 Å². The molecule has 0 saturated carbocycles. The lowest BCUT2D eigenvalue weighted by atomic mass is 10.2. The molecule has 0 spiro atoms. The van der Waals surface area contributed by atoms with Crippen LogP contribution in [0.4, 0.5) is 5.69 Å². The Kier molecular flexibility index (Phi) is 3.22. The number of phenols is 1. The van der Waals surface area contributed by atoms with Gasteiger partial charge in [0.25, 0.3) is 0 Å². The van der Waals surface area contributed by atoms with E-state index in [-0.39, 0.29) is 11.6 Å². The minimum atomic E-state index is -0.691. The number of rotatable bonds is 3. The zero-order valence-corrected chi connectivity index (χ0v) is 8.06. The second kappa shape index (κ2) is 4.41. The summed E-state index contributed by atoms with van der Waals surface area (Å²) in [6.07, 6.45) is 0. The minimum Gasteiger partial charge on any atom is -0.502 e. The summed E-state index contributed by atoms with van der Waals surface area (Å²) in [4.78, 5) is 9.70. The van der Waals surface area contributed by atoms with E-state index in [1.54, 1.807) is 6.92 Å². The summed E-state index contributed by atoms with van der Waals surface area (Å²) in [5.41, 5.74) is -0.0806. The molecule has 0 aromatic heterocycles. The Morgan fingerprint density at radius 2 is 2.33 bits per heavy atom. The number of benzene rings is 1. The zero-order chi connectivity index (χ0) is 11.4. The highest BCUT2D eigenvalue weighted by molar-refractivity contribution is 5.92. The number of aromatic hydroxyl groups is 1. The van der Waals surface area contributed by atoms with E-state index in [2.05, 4.69) is 0 Å². The predicted molar refractivity (Wildman–Crippen MR) is 53.2 cm³/mol. The summed E-state index contributed by atoms with van der Waals surface area (Å²) in [7, 11) is 0. The molecule has 0 unspecified atom stereocenters. The molecule has 0 aliphatic rings. The van der Waals surface area contributed by atoms with Crippen molar-refractivity contribution in [3.63, 3.8) is 0 Å². The topological polar surface area (TPSA) is 96.5 Å². The zero-order valence-electron chi connectivity index (χ0n) is 8.06. The van der Waals surface area contributed by atoms with Crippen LogP contribution in [0, 0.1) is 15.5 Å². The number of ether oxygens (including phenoxy) is 1. The van der Waals surface area contributed by atoms with Gasteiger partial charge in [0, 0.05) is 11.6 Å². The van der Waals surface area contributed by atoms with Crippen molar-refractivity contribution in [1.82, 2.24) is 0 Å². The van der Waals surface area contributed by atoms with Crippen LogP contribution in [-0.4, -0.2) is 22.5 Å². The highest BCUT2D eigenvalue weighted by atomic mass is 16.6. The molecule has 15 heavy (non-hydrogen) atoms. The molecule has 0 aliphatic heterocycles. The normalized spacial score (nSPS) is 9.67. The molecule has 0 radical (unpaired) electrons. The molecule has 1 aromatic carbocycles. The fourth-order valence-corrected chi connectivity index (χ4v) is 1.05. The molecule has 80 valence electrons. The average molecular weight is 210 g/mol. The van der Waals surface area contributed by atoms with Crippen molar-refractivity contribution in [1.29, 1.82) is 5.41 Å². The van der Waals surface area contributed by atoms with E-state index in [1.807, 2.05) is 0 Å². The van der Waals surface area contributed by atoms with E-state index < -0.39 is 10.7 Å². The van der Waals surface area contributed by atoms with Gasteiger partial charge in [0.05, 0.1) is 11.5 Å². The highest BCUT2D eigenvalue weighted by Crippen LogP contribution is 2.26. The summed E-state index contributed by atoms with van der Waals surface area (Å²) in [5.74, 6) is -0.593.